The molecule has 0 saturated carbocycles. The van der Waals surface area contributed by atoms with Gasteiger partial charge in [-0.05, 0) is 43.0 Å². The number of rotatable bonds is 1. The highest BCUT2D eigenvalue weighted by molar-refractivity contribution is 6.33. The molecule has 106 valence electrons. The second kappa shape index (κ2) is 5.72. The molecule has 19 heavy (non-hydrogen) atoms. The minimum atomic E-state index is 0.264. The molecule has 1 aromatic rings. The number of halogens is 1. The van der Waals surface area contributed by atoms with E-state index in [1.807, 2.05) is 0 Å². The maximum Gasteiger partial charge on any atom is 0.0642 e. The van der Waals surface area contributed by atoms with Crippen LogP contribution in [0.4, 0.5) is 5.69 Å². The van der Waals surface area contributed by atoms with Crippen molar-refractivity contribution in [3.05, 3.63) is 28.8 Å². The van der Waals surface area contributed by atoms with Gasteiger partial charge in [-0.3, -0.25) is 0 Å². The van der Waals surface area contributed by atoms with E-state index in [0.29, 0.717) is 6.04 Å². The van der Waals surface area contributed by atoms with E-state index in [1.54, 1.807) is 0 Å². The van der Waals surface area contributed by atoms with Crippen molar-refractivity contribution in [3.8, 4) is 0 Å². The van der Waals surface area contributed by atoms with Crippen molar-refractivity contribution < 1.29 is 0 Å². The summed E-state index contributed by atoms with van der Waals surface area (Å²) >= 11 is 6.42. The van der Waals surface area contributed by atoms with Gasteiger partial charge in [0.2, 0.25) is 0 Å². The van der Waals surface area contributed by atoms with Gasteiger partial charge in [0.15, 0.2) is 0 Å². The summed E-state index contributed by atoms with van der Waals surface area (Å²) < 4.78 is 0. The highest BCUT2D eigenvalue weighted by atomic mass is 35.5. The van der Waals surface area contributed by atoms with E-state index >= 15 is 0 Å². The molecule has 3 heteroatoms. The number of nitrogens with zero attached hydrogens (tertiary/aromatic N) is 1. The number of hydrogen-bond acceptors (Lipinski definition) is 2. The number of aryl methyl sites for hydroxylation is 1. The molecule has 1 aromatic carbocycles. The van der Waals surface area contributed by atoms with E-state index < -0.39 is 0 Å². The zero-order valence-corrected chi connectivity index (χ0v) is 13.2. The zero-order chi connectivity index (χ0) is 14.0. The van der Waals surface area contributed by atoms with E-state index in [4.69, 9.17) is 11.6 Å². The van der Waals surface area contributed by atoms with Gasteiger partial charge in [0, 0.05) is 19.1 Å². The van der Waals surface area contributed by atoms with Crippen molar-refractivity contribution >= 4 is 17.3 Å². The molecular formula is C16H25ClN2. The van der Waals surface area contributed by atoms with Crippen molar-refractivity contribution in [2.75, 3.05) is 24.5 Å². The molecule has 1 heterocycles. The lowest BCUT2D eigenvalue weighted by Crippen LogP contribution is -2.46. The van der Waals surface area contributed by atoms with Crippen LogP contribution in [0.2, 0.25) is 5.02 Å². The Morgan fingerprint density at radius 3 is 2.68 bits per heavy atom. The lowest BCUT2D eigenvalue weighted by molar-refractivity contribution is 0.280. The second-order valence-corrected chi connectivity index (χ2v) is 7.03. The lowest BCUT2D eigenvalue weighted by atomic mass is 9.86. The maximum atomic E-state index is 6.42. The van der Waals surface area contributed by atoms with Crippen molar-refractivity contribution in [2.45, 2.75) is 40.2 Å². The van der Waals surface area contributed by atoms with Crippen LogP contribution in [0.5, 0.6) is 0 Å². The van der Waals surface area contributed by atoms with E-state index in [-0.39, 0.29) is 5.41 Å². The Bertz CT molecular complexity index is 437. The van der Waals surface area contributed by atoms with Crippen molar-refractivity contribution in [3.63, 3.8) is 0 Å². The average molecular weight is 281 g/mol. The van der Waals surface area contributed by atoms with Gasteiger partial charge in [-0.25, -0.2) is 0 Å². The maximum absolute atomic E-state index is 6.42. The van der Waals surface area contributed by atoms with Crippen LogP contribution in [0.25, 0.3) is 0 Å². The lowest BCUT2D eigenvalue weighted by Gasteiger charge is -2.35. The molecular weight excluding hydrogens is 256 g/mol. The van der Waals surface area contributed by atoms with Crippen LogP contribution >= 0.6 is 11.6 Å². The Labute approximate surface area is 122 Å². The Hall–Kier alpha value is -0.730. The fraction of sp³-hybridized carbons (Fsp3) is 0.625. The smallest absolute Gasteiger partial charge is 0.0642 e. The molecule has 2 rings (SSSR count). The molecule has 1 aliphatic rings. The molecule has 1 unspecified atom stereocenters. The topological polar surface area (TPSA) is 15.3 Å². The van der Waals surface area contributed by atoms with Crippen LogP contribution in [-0.4, -0.2) is 25.7 Å². The van der Waals surface area contributed by atoms with Gasteiger partial charge in [0.25, 0.3) is 0 Å². The Morgan fingerprint density at radius 1 is 1.32 bits per heavy atom. The monoisotopic (exact) mass is 280 g/mol. The summed E-state index contributed by atoms with van der Waals surface area (Å²) in [7, 11) is 0. The predicted octanol–water partition coefficient (Wildman–Crippen LogP) is 3.86. The van der Waals surface area contributed by atoms with Gasteiger partial charge in [-0.15, -0.1) is 0 Å². The molecule has 0 aromatic heterocycles. The number of nitrogens with one attached hydrogen (secondary N) is 1. The number of benzene rings is 1. The third-order valence-corrected chi connectivity index (χ3v) is 4.19. The van der Waals surface area contributed by atoms with Gasteiger partial charge in [-0.1, -0.05) is 38.4 Å². The van der Waals surface area contributed by atoms with Crippen LogP contribution in [0.1, 0.15) is 32.8 Å². The van der Waals surface area contributed by atoms with Gasteiger partial charge >= 0.3 is 0 Å². The summed E-state index contributed by atoms with van der Waals surface area (Å²) in [5, 5.41) is 4.54. The van der Waals surface area contributed by atoms with Crippen LogP contribution in [-0.2, 0) is 0 Å². The normalized spacial score (nSPS) is 21.3. The van der Waals surface area contributed by atoms with Crippen LogP contribution in [0.15, 0.2) is 18.2 Å². The van der Waals surface area contributed by atoms with Crippen LogP contribution in [0.3, 0.4) is 0 Å². The number of hydrogen-bond donors (Lipinski definition) is 1. The third-order valence-electron chi connectivity index (χ3n) is 3.89. The Morgan fingerprint density at radius 2 is 2.05 bits per heavy atom. The summed E-state index contributed by atoms with van der Waals surface area (Å²) in [6.45, 7) is 12.1. The van der Waals surface area contributed by atoms with E-state index in [1.165, 1.54) is 11.3 Å². The first-order valence-corrected chi connectivity index (χ1v) is 7.50. The molecule has 1 fully saturated rings. The van der Waals surface area contributed by atoms with Gasteiger partial charge < -0.3 is 10.2 Å². The molecule has 2 nitrogen and oxygen atoms in total. The molecule has 0 aliphatic carbocycles. The zero-order valence-electron chi connectivity index (χ0n) is 12.5. The van der Waals surface area contributed by atoms with Crippen molar-refractivity contribution in [2.24, 2.45) is 5.41 Å². The predicted molar refractivity (Wildman–Crippen MR) is 84.3 cm³/mol. The Kier molecular flexibility index (Phi) is 4.42. The minimum absolute atomic E-state index is 0.264. The van der Waals surface area contributed by atoms with E-state index in [2.05, 4.69) is 56.1 Å². The summed E-state index contributed by atoms with van der Waals surface area (Å²) in [5.74, 6) is 0. The SMILES string of the molecule is Cc1ccc(N2CCCNC(C(C)(C)C)C2)c(Cl)c1. The standard InChI is InChI=1S/C16H25ClN2/c1-12-6-7-14(13(17)10-12)19-9-5-8-18-15(11-19)16(2,3)4/h6-7,10,15,18H,5,8-9,11H2,1-4H3. The Balaban J connectivity index is 2.22. The summed E-state index contributed by atoms with van der Waals surface area (Å²) in [4.78, 5) is 2.43. The minimum Gasteiger partial charge on any atom is -0.369 e. The first kappa shape index (κ1) is 14.7. The molecule has 1 atom stereocenters. The highest BCUT2D eigenvalue weighted by Gasteiger charge is 2.28. The fourth-order valence-corrected chi connectivity index (χ4v) is 2.94. The van der Waals surface area contributed by atoms with E-state index in [9.17, 15) is 0 Å². The molecule has 1 aliphatic heterocycles. The van der Waals surface area contributed by atoms with Crippen molar-refractivity contribution in [1.29, 1.82) is 0 Å². The first-order valence-electron chi connectivity index (χ1n) is 7.12. The second-order valence-electron chi connectivity index (χ2n) is 6.63. The first-order chi connectivity index (χ1) is 8.88. The third kappa shape index (κ3) is 3.64. The van der Waals surface area contributed by atoms with Crippen LogP contribution in [0, 0.1) is 12.3 Å². The largest absolute Gasteiger partial charge is 0.369 e. The summed E-state index contributed by atoms with van der Waals surface area (Å²) in [6, 6.07) is 6.85. The van der Waals surface area contributed by atoms with Crippen molar-refractivity contribution in [1.82, 2.24) is 5.32 Å². The van der Waals surface area contributed by atoms with Gasteiger partial charge in [0.1, 0.15) is 0 Å². The molecule has 1 N–H and O–H groups in total. The quantitative estimate of drug-likeness (QED) is 0.840. The number of anilines is 1. The van der Waals surface area contributed by atoms with E-state index in [0.717, 1.165) is 31.1 Å². The average Bonchev–Trinajstić information content (AvgIpc) is 2.54. The summed E-state index contributed by atoms with van der Waals surface area (Å²) in [5.41, 5.74) is 2.65. The fourth-order valence-electron chi connectivity index (χ4n) is 2.59. The molecule has 1 saturated heterocycles. The molecule has 0 bridgehead atoms. The molecule has 0 spiro atoms. The highest BCUT2D eigenvalue weighted by Crippen LogP contribution is 2.30. The molecule has 0 amide bonds. The van der Waals surface area contributed by atoms with Crippen LogP contribution < -0.4 is 10.2 Å². The molecule has 0 radical (unpaired) electrons. The van der Waals surface area contributed by atoms with Gasteiger partial charge in [0.05, 0.1) is 10.7 Å². The van der Waals surface area contributed by atoms with Gasteiger partial charge in [-0.2, -0.15) is 0 Å². The summed E-state index contributed by atoms with van der Waals surface area (Å²) in [6.07, 6.45) is 1.16.